The minimum Gasteiger partial charge on any atom is -0.756 e. The molecule has 0 heterocycles. The number of allylic oxidation sites excluding steroid dienone is 13. The molecular formula is C50H84NO10P. The van der Waals surface area contributed by atoms with Crippen LogP contribution >= 0.6 is 7.82 Å². The quantitative estimate of drug-likeness (QED) is 0.0152. The monoisotopic (exact) mass is 890 g/mol. The van der Waals surface area contributed by atoms with E-state index in [4.69, 9.17) is 18.5 Å². The highest BCUT2D eigenvalue weighted by Crippen LogP contribution is 2.38. The van der Waals surface area contributed by atoms with Crippen LogP contribution in [0.15, 0.2) is 97.2 Å². The maximum Gasteiger partial charge on any atom is 0.306 e. The number of nitrogens with zero attached hydrogens (tertiary/aromatic N) is 1. The number of esters is 2. The number of aliphatic hydroxyl groups is 2. The van der Waals surface area contributed by atoms with Gasteiger partial charge in [-0.05, 0) is 83.5 Å². The molecule has 0 radical (unpaired) electrons. The number of carbonyl (C=O) groups excluding carboxylic acids is 2. The number of rotatable bonds is 40. The minimum absolute atomic E-state index is 0.00356. The van der Waals surface area contributed by atoms with Crippen molar-refractivity contribution in [3.05, 3.63) is 97.2 Å². The molecule has 62 heavy (non-hydrogen) atoms. The van der Waals surface area contributed by atoms with Crippen LogP contribution in [0.4, 0.5) is 0 Å². The van der Waals surface area contributed by atoms with Crippen LogP contribution in [0, 0.1) is 0 Å². The number of hydrogen-bond acceptors (Lipinski definition) is 10. The summed E-state index contributed by atoms with van der Waals surface area (Å²) in [4.78, 5) is 37.6. The van der Waals surface area contributed by atoms with Gasteiger partial charge in [0, 0.05) is 12.8 Å². The zero-order valence-electron chi connectivity index (χ0n) is 39.0. The van der Waals surface area contributed by atoms with E-state index in [0.29, 0.717) is 36.7 Å². The molecule has 11 nitrogen and oxygen atoms in total. The predicted molar refractivity (Wildman–Crippen MR) is 252 cm³/mol. The summed E-state index contributed by atoms with van der Waals surface area (Å²) >= 11 is 0. The van der Waals surface area contributed by atoms with Crippen molar-refractivity contribution in [2.24, 2.45) is 0 Å². The largest absolute Gasteiger partial charge is 0.756 e. The molecule has 0 aromatic heterocycles. The molecule has 0 aromatic carbocycles. The Labute approximate surface area is 376 Å². The fourth-order valence-corrected chi connectivity index (χ4v) is 6.26. The van der Waals surface area contributed by atoms with Gasteiger partial charge in [-0.1, -0.05) is 143 Å². The summed E-state index contributed by atoms with van der Waals surface area (Å²) in [6, 6.07) is 0. The number of likely N-dealkylation sites (N-methyl/N-ethyl adjacent to an activating group) is 1. The highest BCUT2D eigenvalue weighted by Gasteiger charge is 2.22. The van der Waals surface area contributed by atoms with Gasteiger partial charge in [-0.25, -0.2) is 0 Å². The van der Waals surface area contributed by atoms with Crippen molar-refractivity contribution in [3.63, 3.8) is 0 Å². The normalized spacial score (nSPS) is 15.4. The van der Waals surface area contributed by atoms with E-state index < -0.39 is 44.7 Å². The first-order valence-electron chi connectivity index (χ1n) is 23.2. The minimum atomic E-state index is -4.70. The molecular weight excluding hydrogens is 806 g/mol. The molecule has 12 heteroatoms. The van der Waals surface area contributed by atoms with Gasteiger partial charge >= 0.3 is 11.9 Å². The molecule has 0 spiro atoms. The third-order valence-electron chi connectivity index (χ3n) is 9.27. The molecule has 0 aliphatic heterocycles. The molecule has 0 saturated heterocycles. The molecule has 4 atom stereocenters. The van der Waals surface area contributed by atoms with Crippen molar-refractivity contribution >= 4 is 19.8 Å². The summed E-state index contributed by atoms with van der Waals surface area (Å²) < 4.78 is 33.7. The van der Waals surface area contributed by atoms with Gasteiger partial charge < -0.3 is 38.1 Å². The van der Waals surface area contributed by atoms with E-state index in [2.05, 4.69) is 68.5 Å². The van der Waals surface area contributed by atoms with E-state index >= 15 is 0 Å². The number of hydrogen-bond donors (Lipinski definition) is 2. The van der Waals surface area contributed by atoms with Crippen molar-refractivity contribution < 1.29 is 52.3 Å². The summed E-state index contributed by atoms with van der Waals surface area (Å²) in [6.45, 7) is 3.79. The topological polar surface area (TPSA) is 152 Å². The average molecular weight is 890 g/mol. The maximum absolute atomic E-state index is 12.7. The lowest BCUT2D eigenvalue weighted by Gasteiger charge is -2.28. The fourth-order valence-electron chi connectivity index (χ4n) is 5.54. The first-order valence-corrected chi connectivity index (χ1v) is 24.6. The van der Waals surface area contributed by atoms with Crippen molar-refractivity contribution in [2.45, 2.75) is 161 Å². The van der Waals surface area contributed by atoms with Crippen molar-refractivity contribution in [3.8, 4) is 0 Å². The van der Waals surface area contributed by atoms with Gasteiger partial charge in [-0.2, -0.15) is 0 Å². The van der Waals surface area contributed by atoms with E-state index in [-0.39, 0.29) is 26.1 Å². The lowest BCUT2D eigenvalue weighted by molar-refractivity contribution is -0.870. The number of phosphoric ester groups is 1. The van der Waals surface area contributed by atoms with Gasteiger partial charge in [0.2, 0.25) is 0 Å². The predicted octanol–water partition coefficient (Wildman–Crippen LogP) is 10.7. The number of carbonyl (C=O) groups is 2. The van der Waals surface area contributed by atoms with Gasteiger partial charge in [0.15, 0.2) is 6.10 Å². The Morgan fingerprint density at radius 1 is 0.613 bits per heavy atom. The molecule has 0 aromatic rings. The number of ether oxygens (including phenoxy) is 2. The Bertz CT molecular complexity index is 1410. The van der Waals surface area contributed by atoms with Crippen LogP contribution in [0.2, 0.25) is 0 Å². The first kappa shape index (κ1) is 58.9. The standard InChI is InChI=1S/C50H84NO10P/c1-6-8-10-12-14-15-16-17-18-19-20-21-22-23-24-25-26-28-34-40-50(55)61-48(45-60-62(56,57)59-43-42-51(3,4)5)44-58-49(54)41-35-39-47(53)38-33-30-29-32-37-46(52)36-31-27-13-11-9-7-2/h14-15,17-18,20-21,23-24,27,29-33,37-38,46-48,52-53H,6-13,16,19,22,25-26,28,34-36,39-45H2,1-5H3/b15-14-,18-17-,21-20-,24-23-,30-29+,31-27-,37-32+,38-33-/t46-,47-,48-/m1/s1. The molecule has 0 aliphatic carbocycles. The molecule has 1 unspecified atom stereocenters. The van der Waals surface area contributed by atoms with Crippen LogP contribution in [-0.2, 0) is 32.7 Å². The molecule has 0 amide bonds. The molecule has 2 N–H and O–H groups in total. The molecule has 0 fully saturated rings. The van der Waals surface area contributed by atoms with Gasteiger partial charge in [-0.15, -0.1) is 0 Å². The molecule has 0 aliphatic rings. The lowest BCUT2D eigenvalue weighted by Crippen LogP contribution is -2.37. The summed E-state index contributed by atoms with van der Waals surface area (Å²) in [5.74, 6) is -1.12. The highest BCUT2D eigenvalue weighted by molar-refractivity contribution is 7.45. The van der Waals surface area contributed by atoms with Gasteiger partial charge in [0.25, 0.3) is 7.82 Å². The van der Waals surface area contributed by atoms with Crippen LogP contribution in [0.5, 0.6) is 0 Å². The zero-order chi connectivity index (χ0) is 46.0. The van der Waals surface area contributed by atoms with Crippen molar-refractivity contribution in [2.75, 3.05) is 47.5 Å². The van der Waals surface area contributed by atoms with E-state index in [0.717, 1.165) is 44.9 Å². The summed E-state index contributed by atoms with van der Waals surface area (Å²) in [7, 11) is 0.990. The van der Waals surface area contributed by atoms with Gasteiger partial charge in [-0.3, -0.25) is 14.2 Å². The number of unbranched alkanes of at least 4 members (excludes halogenated alkanes) is 9. The highest BCUT2D eigenvalue weighted by atomic mass is 31.2. The number of quaternary nitrogens is 1. The molecule has 354 valence electrons. The Hall–Kier alpha value is -3.15. The van der Waals surface area contributed by atoms with Crippen LogP contribution in [0.1, 0.15) is 142 Å². The van der Waals surface area contributed by atoms with Crippen LogP contribution < -0.4 is 4.89 Å². The second kappa shape index (κ2) is 40.6. The van der Waals surface area contributed by atoms with Crippen molar-refractivity contribution in [1.29, 1.82) is 0 Å². The summed E-state index contributed by atoms with van der Waals surface area (Å²) in [5, 5.41) is 20.3. The summed E-state index contributed by atoms with van der Waals surface area (Å²) in [5.41, 5.74) is 0. The average Bonchev–Trinajstić information content (AvgIpc) is 3.21. The van der Waals surface area contributed by atoms with Gasteiger partial charge in [0.1, 0.15) is 19.8 Å². The second-order valence-corrected chi connectivity index (χ2v) is 17.9. The van der Waals surface area contributed by atoms with Crippen molar-refractivity contribution in [1.82, 2.24) is 0 Å². The Morgan fingerprint density at radius 3 is 1.69 bits per heavy atom. The first-order chi connectivity index (χ1) is 29.8. The third kappa shape index (κ3) is 43.5. The number of aliphatic hydroxyl groups excluding tert-OH is 2. The maximum atomic E-state index is 12.7. The van der Waals surface area contributed by atoms with Crippen LogP contribution in [-0.4, -0.2) is 92.5 Å². The van der Waals surface area contributed by atoms with E-state index in [1.165, 1.54) is 44.9 Å². The smallest absolute Gasteiger partial charge is 0.306 e. The van der Waals surface area contributed by atoms with Crippen LogP contribution in [0.25, 0.3) is 0 Å². The Morgan fingerprint density at radius 2 is 1.13 bits per heavy atom. The zero-order valence-corrected chi connectivity index (χ0v) is 39.9. The van der Waals surface area contributed by atoms with Gasteiger partial charge in [0.05, 0.1) is 40.0 Å². The second-order valence-electron chi connectivity index (χ2n) is 16.5. The molecule has 0 saturated carbocycles. The Balaban J connectivity index is 4.66. The van der Waals surface area contributed by atoms with E-state index in [9.17, 15) is 29.3 Å². The van der Waals surface area contributed by atoms with E-state index in [1.54, 1.807) is 36.5 Å². The molecule has 0 bridgehead atoms. The van der Waals surface area contributed by atoms with Crippen LogP contribution in [0.3, 0.4) is 0 Å². The van der Waals surface area contributed by atoms with E-state index in [1.807, 2.05) is 27.2 Å². The number of phosphoric acid groups is 1. The summed E-state index contributed by atoms with van der Waals surface area (Å²) in [6.07, 6.45) is 46.4. The fraction of sp³-hybridized carbons (Fsp3) is 0.640. The lowest BCUT2D eigenvalue weighted by atomic mass is 10.1. The molecule has 0 rings (SSSR count). The SMILES string of the molecule is CCCCC/C=C\C/C=C\C/C=C\C/C=C\CCCCCC(=O)O[C@H](COC(=O)CCC[C@H](O)\C=C/C=C/C=C/[C@H](O)C/C=C\CCCCC)COP(=O)([O-])OCC[N+](C)(C)C. The third-order valence-corrected chi connectivity index (χ3v) is 10.2. The Kier molecular flexibility index (Phi) is 38.5.